The minimum Gasteiger partial charge on any atom is -0.493 e. The largest absolute Gasteiger partial charge is 0.493 e. The summed E-state index contributed by atoms with van der Waals surface area (Å²) >= 11 is 0.877. The Kier molecular flexibility index (Phi) is 8.86. The summed E-state index contributed by atoms with van der Waals surface area (Å²) < 4.78 is 75.2. The van der Waals surface area contributed by atoms with Gasteiger partial charge in [0.1, 0.15) is 21.6 Å². The molecular weight excluding hydrogens is 525 g/mol. The van der Waals surface area contributed by atoms with Crippen molar-refractivity contribution >= 4 is 19.2 Å². The second kappa shape index (κ2) is 11.3. The topological polar surface area (TPSA) is 128 Å². The lowest BCUT2D eigenvalue weighted by atomic mass is 10.1. The second-order valence-corrected chi connectivity index (χ2v) is 10.5. The van der Waals surface area contributed by atoms with Gasteiger partial charge in [0.2, 0.25) is 0 Å². The molecule has 14 heteroatoms. The van der Waals surface area contributed by atoms with E-state index < -0.39 is 31.7 Å². The van der Waals surface area contributed by atoms with Crippen molar-refractivity contribution in [3.05, 3.63) is 64.4 Å². The highest BCUT2D eigenvalue weighted by atomic mass is 32.1. The van der Waals surface area contributed by atoms with Crippen LogP contribution in [0, 0.1) is 5.82 Å². The summed E-state index contributed by atoms with van der Waals surface area (Å²) in [6.07, 6.45) is -3.04. The number of unbranched alkanes of at least 4 members (excludes halogenated alkanes) is 1. The van der Waals surface area contributed by atoms with Crippen molar-refractivity contribution in [2.75, 3.05) is 13.2 Å². The molecule has 36 heavy (non-hydrogen) atoms. The van der Waals surface area contributed by atoms with Gasteiger partial charge in [0.05, 0.1) is 24.3 Å². The number of hydrogen-bond donors (Lipinski definition) is 3. The van der Waals surface area contributed by atoms with Crippen molar-refractivity contribution in [3.63, 3.8) is 0 Å². The van der Waals surface area contributed by atoms with Gasteiger partial charge in [-0.05, 0) is 62.1 Å². The molecule has 0 fully saturated rings. The van der Waals surface area contributed by atoms with E-state index in [2.05, 4.69) is 14.7 Å². The molecule has 0 aliphatic heterocycles. The molecule has 0 aliphatic carbocycles. The van der Waals surface area contributed by atoms with E-state index in [0.29, 0.717) is 19.3 Å². The van der Waals surface area contributed by atoms with Gasteiger partial charge >= 0.3 is 14.0 Å². The van der Waals surface area contributed by atoms with Gasteiger partial charge in [-0.3, -0.25) is 4.52 Å². The first-order valence-electron chi connectivity index (χ1n) is 10.7. The molecule has 3 aromatic rings. The zero-order chi connectivity index (χ0) is 26.6. The molecule has 4 N–H and O–H groups in total. The average molecular weight is 549 g/mol. The Labute approximate surface area is 208 Å². The van der Waals surface area contributed by atoms with Crippen LogP contribution in [-0.2, 0) is 27.2 Å². The summed E-state index contributed by atoms with van der Waals surface area (Å²) in [5.41, 5.74) is 4.51. The summed E-state index contributed by atoms with van der Waals surface area (Å²) in [6.45, 7) is 0.872. The van der Waals surface area contributed by atoms with Crippen LogP contribution in [-0.4, -0.2) is 33.2 Å². The summed E-state index contributed by atoms with van der Waals surface area (Å²) in [4.78, 5) is 17.7. The summed E-state index contributed by atoms with van der Waals surface area (Å²) in [6, 6.07) is 9.63. The molecule has 0 amide bonds. The molecule has 0 saturated heterocycles. The Balaban J connectivity index is 1.68. The van der Waals surface area contributed by atoms with E-state index in [1.807, 2.05) is 0 Å². The zero-order valence-electron chi connectivity index (χ0n) is 19.0. The molecule has 0 spiro atoms. The smallest absolute Gasteiger partial charge is 0.469 e. The highest BCUT2D eigenvalue weighted by Crippen LogP contribution is 2.41. The monoisotopic (exact) mass is 549 g/mol. The van der Waals surface area contributed by atoms with Crippen LogP contribution < -0.4 is 10.5 Å². The Morgan fingerprint density at radius 1 is 1.11 bits per heavy atom. The summed E-state index contributed by atoms with van der Waals surface area (Å²) in [5.74, 6) is -0.674. The van der Waals surface area contributed by atoms with Crippen LogP contribution in [0.2, 0.25) is 0 Å². The standard InChI is InChI=1S/C22H24F4N3O5PS/c1-21(27,13-34-35(30,31)32)20-29-28-19(36-20)15-8-9-18(17(12-15)22(24,25)26)33-10-3-2-5-14-6-4-7-16(23)11-14/h4,6-9,11-12H,2-3,5,10,13,27H2,1H3,(H2,30,31,32)/t21-/m0/s1. The SMILES string of the molecule is C[C@](N)(COP(=O)(O)O)c1nnc(-c2ccc(OCCCCc3cccc(F)c3)c(C(F)(F)F)c2)s1. The maximum atomic E-state index is 13.7. The van der Waals surface area contributed by atoms with E-state index in [1.54, 1.807) is 12.1 Å². The summed E-state index contributed by atoms with van der Waals surface area (Å²) in [7, 11) is -4.77. The van der Waals surface area contributed by atoms with E-state index in [9.17, 15) is 22.1 Å². The van der Waals surface area contributed by atoms with Gasteiger partial charge in [0, 0.05) is 5.56 Å². The van der Waals surface area contributed by atoms with Crippen LogP contribution in [0.15, 0.2) is 42.5 Å². The van der Waals surface area contributed by atoms with Gasteiger partial charge < -0.3 is 20.3 Å². The molecular formula is C22H24F4N3O5PS. The fraction of sp³-hybridized carbons (Fsp3) is 0.364. The average Bonchev–Trinajstić information content (AvgIpc) is 3.28. The van der Waals surface area contributed by atoms with E-state index in [1.165, 1.54) is 31.2 Å². The van der Waals surface area contributed by atoms with Crippen LogP contribution in [0.25, 0.3) is 10.6 Å². The van der Waals surface area contributed by atoms with Crippen LogP contribution in [0.1, 0.15) is 35.9 Å². The van der Waals surface area contributed by atoms with E-state index in [0.717, 1.165) is 23.0 Å². The van der Waals surface area contributed by atoms with Crippen LogP contribution in [0.5, 0.6) is 5.75 Å². The normalized spacial score (nSPS) is 14.0. The van der Waals surface area contributed by atoms with Crippen molar-refractivity contribution in [1.29, 1.82) is 0 Å². The second-order valence-electron chi connectivity index (χ2n) is 8.24. The molecule has 2 aromatic carbocycles. The number of hydrogen-bond acceptors (Lipinski definition) is 7. The number of aryl methyl sites for hydroxylation is 1. The number of phosphoric ester groups is 1. The van der Waals surface area contributed by atoms with E-state index in [-0.39, 0.29) is 33.8 Å². The third kappa shape index (κ3) is 8.05. The quantitative estimate of drug-likeness (QED) is 0.172. The highest BCUT2D eigenvalue weighted by molar-refractivity contribution is 7.46. The first-order valence-corrected chi connectivity index (χ1v) is 13.0. The van der Waals surface area contributed by atoms with Crippen molar-refractivity contribution in [3.8, 4) is 16.3 Å². The van der Waals surface area contributed by atoms with Crippen molar-refractivity contribution in [1.82, 2.24) is 10.2 Å². The zero-order valence-corrected chi connectivity index (χ0v) is 20.7. The Morgan fingerprint density at radius 2 is 1.86 bits per heavy atom. The predicted octanol–water partition coefficient (Wildman–Crippen LogP) is 5.05. The van der Waals surface area contributed by atoms with Crippen LogP contribution in [0.3, 0.4) is 0 Å². The maximum Gasteiger partial charge on any atom is 0.469 e. The van der Waals surface area contributed by atoms with E-state index in [4.69, 9.17) is 20.3 Å². The number of halogens is 4. The van der Waals surface area contributed by atoms with Crippen LogP contribution >= 0.6 is 19.2 Å². The van der Waals surface area contributed by atoms with Gasteiger partial charge in [0.25, 0.3) is 0 Å². The lowest BCUT2D eigenvalue weighted by molar-refractivity contribution is -0.138. The Hall–Kier alpha value is -2.41. The fourth-order valence-corrected chi connectivity index (χ4v) is 4.49. The molecule has 3 rings (SSSR count). The van der Waals surface area contributed by atoms with Gasteiger partial charge in [0.15, 0.2) is 0 Å². The number of rotatable bonds is 11. The molecule has 0 unspecified atom stereocenters. The number of nitrogens with two attached hydrogens (primary N) is 1. The number of phosphoric acid groups is 1. The van der Waals surface area contributed by atoms with Crippen molar-refractivity contribution in [2.45, 2.75) is 37.9 Å². The molecule has 8 nitrogen and oxygen atoms in total. The van der Waals surface area contributed by atoms with Gasteiger partial charge in [-0.2, -0.15) is 13.2 Å². The highest BCUT2D eigenvalue weighted by Gasteiger charge is 2.35. The van der Waals surface area contributed by atoms with Crippen molar-refractivity contribution < 1.29 is 41.2 Å². The molecule has 0 radical (unpaired) electrons. The third-order valence-electron chi connectivity index (χ3n) is 4.98. The number of aromatic nitrogens is 2. The lowest BCUT2D eigenvalue weighted by Crippen LogP contribution is -2.37. The Bertz CT molecular complexity index is 1230. The van der Waals surface area contributed by atoms with Gasteiger partial charge in [-0.1, -0.05) is 23.5 Å². The number of nitrogens with zero attached hydrogens (tertiary/aromatic N) is 2. The minimum absolute atomic E-state index is 0.0474. The molecule has 0 saturated carbocycles. The van der Waals surface area contributed by atoms with Crippen molar-refractivity contribution in [2.24, 2.45) is 5.73 Å². The maximum absolute atomic E-state index is 13.7. The Morgan fingerprint density at radius 3 is 2.53 bits per heavy atom. The molecule has 1 atom stereocenters. The number of ether oxygens (including phenoxy) is 1. The first-order chi connectivity index (χ1) is 16.7. The van der Waals surface area contributed by atoms with E-state index >= 15 is 0 Å². The molecule has 1 heterocycles. The molecule has 0 bridgehead atoms. The molecule has 1 aromatic heterocycles. The van der Waals surface area contributed by atoms with Crippen LogP contribution in [0.4, 0.5) is 17.6 Å². The molecule has 0 aliphatic rings. The first kappa shape index (κ1) is 28.2. The number of alkyl halides is 3. The third-order valence-corrected chi connectivity index (χ3v) is 6.70. The lowest BCUT2D eigenvalue weighted by Gasteiger charge is -2.21. The summed E-state index contributed by atoms with van der Waals surface area (Å²) in [5, 5.41) is 7.98. The van der Waals surface area contributed by atoms with Gasteiger partial charge in [-0.15, -0.1) is 10.2 Å². The number of benzene rings is 2. The minimum atomic E-state index is -4.77. The fourth-order valence-electron chi connectivity index (χ4n) is 3.17. The van der Waals surface area contributed by atoms with Gasteiger partial charge in [-0.25, -0.2) is 8.96 Å². The predicted molar refractivity (Wildman–Crippen MR) is 125 cm³/mol. The molecule has 196 valence electrons.